The lowest BCUT2D eigenvalue weighted by Crippen LogP contribution is -2.15. The Hall–Kier alpha value is -2.66. The van der Waals surface area contributed by atoms with E-state index < -0.39 is 0 Å². The number of carbonyl (C=O) groups excluding carboxylic acids is 1. The Bertz CT molecular complexity index is 828. The standard InChI is InChI=1S/C18H15ClO5/c19-8-12(22)5-15-14-4-2-11(21)7-18(14)24-9-16(15)13-3-1-10(20)6-17(13)23/h1-4,6-7,9,15,20-21,23H,5,8H2. The number of ether oxygens (including phenoxy) is 1. The maximum absolute atomic E-state index is 11.9. The topological polar surface area (TPSA) is 87.0 Å². The summed E-state index contributed by atoms with van der Waals surface area (Å²) in [5, 5.41) is 29.2. The summed E-state index contributed by atoms with van der Waals surface area (Å²) in [7, 11) is 0. The highest BCUT2D eigenvalue weighted by Crippen LogP contribution is 2.46. The van der Waals surface area contributed by atoms with E-state index in [-0.39, 0.29) is 41.3 Å². The van der Waals surface area contributed by atoms with Crippen molar-refractivity contribution in [1.82, 2.24) is 0 Å². The molecule has 6 heteroatoms. The molecule has 0 aromatic heterocycles. The number of phenols is 3. The number of alkyl halides is 1. The SMILES string of the molecule is O=C(CCl)CC1C(c2ccc(O)cc2O)=COc2cc(O)ccc21. The molecule has 1 aliphatic rings. The van der Waals surface area contributed by atoms with Crippen molar-refractivity contribution in [2.45, 2.75) is 12.3 Å². The van der Waals surface area contributed by atoms with Gasteiger partial charge in [-0.3, -0.25) is 4.79 Å². The summed E-state index contributed by atoms with van der Waals surface area (Å²) >= 11 is 5.65. The second kappa shape index (κ2) is 6.45. The smallest absolute Gasteiger partial charge is 0.148 e. The molecule has 0 radical (unpaired) electrons. The summed E-state index contributed by atoms with van der Waals surface area (Å²) < 4.78 is 5.56. The van der Waals surface area contributed by atoms with Crippen LogP contribution in [0.15, 0.2) is 42.7 Å². The normalized spacial score (nSPS) is 16.0. The first kappa shape index (κ1) is 16.2. The highest BCUT2D eigenvalue weighted by atomic mass is 35.5. The van der Waals surface area contributed by atoms with Crippen molar-refractivity contribution < 1.29 is 24.9 Å². The third kappa shape index (κ3) is 3.03. The van der Waals surface area contributed by atoms with Crippen molar-refractivity contribution in [3.63, 3.8) is 0 Å². The van der Waals surface area contributed by atoms with Gasteiger partial charge >= 0.3 is 0 Å². The molecule has 0 fully saturated rings. The Labute approximate surface area is 143 Å². The van der Waals surface area contributed by atoms with E-state index in [4.69, 9.17) is 16.3 Å². The monoisotopic (exact) mass is 346 g/mol. The summed E-state index contributed by atoms with van der Waals surface area (Å²) in [4.78, 5) is 11.9. The number of aromatic hydroxyl groups is 3. The van der Waals surface area contributed by atoms with Crippen LogP contribution in [0.3, 0.4) is 0 Å². The molecule has 2 aromatic rings. The highest BCUT2D eigenvalue weighted by Gasteiger charge is 2.29. The molecule has 1 heterocycles. The van der Waals surface area contributed by atoms with Crippen LogP contribution in [-0.2, 0) is 4.79 Å². The molecule has 0 saturated heterocycles. The summed E-state index contributed by atoms with van der Waals surface area (Å²) in [5.74, 6) is -0.310. The second-order valence-electron chi connectivity index (χ2n) is 5.54. The second-order valence-corrected chi connectivity index (χ2v) is 5.81. The van der Waals surface area contributed by atoms with Gasteiger partial charge in [-0.25, -0.2) is 0 Å². The van der Waals surface area contributed by atoms with Crippen LogP contribution < -0.4 is 4.74 Å². The van der Waals surface area contributed by atoms with Crippen molar-refractivity contribution in [1.29, 1.82) is 0 Å². The van der Waals surface area contributed by atoms with Gasteiger partial charge in [-0.15, -0.1) is 11.6 Å². The van der Waals surface area contributed by atoms with Crippen molar-refractivity contribution in [2.24, 2.45) is 0 Å². The van der Waals surface area contributed by atoms with Gasteiger partial charge in [0.05, 0.1) is 12.1 Å². The summed E-state index contributed by atoms with van der Waals surface area (Å²) in [5.41, 5.74) is 1.78. The summed E-state index contributed by atoms with van der Waals surface area (Å²) in [6.07, 6.45) is 1.58. The lowest BCUT2D eigenvalue weighted by molar-refractivity contribution is -0.116. The fourth-order valence-electron chi connectivity index (χ4n) is 2.81. The number of hydrogen-bond acceptors (Lipinski definition) is 5. The molecule has 1 aliphatic heterocycles. The number of halogens is 1. The molecule has 1 atom stereocenters. The molecule has 5 nitrogen and oxygen atoms in total. The molecule has 124 valence electrons. The lowest BCUT2D eigenvalue weighted by Gasteiger charge is -2.27. The van der Waals surface area contributed by atoms with Gasteiger partial charge in [0.2, 0.25) is 0 Å². The zero-order valence-electron chi connectivity index (χ0n) is 12.6. The average Bonchev–Trinajstić information content (AvgIpc) is 2.55. The molecule has 1 unspecified atom stereocenters. The van der Waals surface area contributed by atoms with Gasteiger partial charge in [-0.2, -0.15) is 0 Å². The van der Waals surface area contributed by atoms with E-state index in [1.165, 1.54) is 30.5 Å². The maximum atomic E-state index is 11.9. The number of benzene rings is 2. The number of carbonyl (C=O) groups is 1. The third-order valence-electron chi connectivity index (χ3n) is 3.93. The molecule has 0 amide bonds. The molecule has 3 rings (SSSR count). The first-order chi connectivity index (χ1) is 11.5. The van der Waals surface area contributed by atoms with Gasteiger partial charge in [0.15, 0.2) is 0 Å². The summed E-state index contributed by atoms with van der Waals surface area (Å²) in [6.45, 7) is 0. The van der Waals surface area contributed by atoms with E-state index in [1.807, 2.05) is 0 Å². The Morgan fingerprint density at radius 2 is 1.79 bits per heavy atom. The molecule has 0 spiro atoms. The van der Waals surface area contributed by atoms with Crippen LogP contribution in [0.5, 0.6) is 23.0 Å². The molecule has 2 aromatic carbocycles. The van der Waals surface area contributed by atoms with Crippen LogP contribution in [0, 0.1) is 0 Å². The van der Waals surface area contributed by atoms with E-state index in [0.29, 0.717) is 16.9 Å². The number of Topliss-reactive ketones (excluding diaryl/α,β-unsaturated/α-hetero) is 1. The zero-order chi connectivity index (χ0) is 17.3. The van der Waals surface area contributed by atoms with Gasteiger partial charge in [0, 0.05) is 41.2 Å². The zero-order valence-corrected chi connectivity index (χ0v) is 13.3. The maximum Gasteiger partial charge on any atom is 0.148 e. The van der Waals surface area contributed by atoms with Crippen molar-refractivity contribution >= 4 is 23.0 Å². The van der Waals surface area contributed by atoms with E-state index in [2.05, 4.69) is 0 Å². The fraction of sp³-hybridized carbons (Fsp3) is 0.167. The Morgan fingerprint density at radius 3 is 2.50 bits per heavy atom. The lowest BCUT2D eigenvalue weighted by atomic mass is 9.82. The van der Waals surface area contributed by atoms with E-state index in [1.54, 1.807) is 12.1 Å². The molecule has 24 heavy (non-hydrogen) atoms. The molecular weight excluding hydrogens is 332 g/mol. The molecule has 0 saturated carbocycles. The molecular formula is C18H15ClO5. The Balaban J connectivity index is 2.09. The average molecular weight is 347 g/mol. The predicted octanol–water partition coefficient (Wildman–Crippen LogP) is 3.52. The quantitative estimate of drug-likeness (QED) is 0.737. The Morgan fingerprint density at radius 1 is 1.08 bits per heavy atom. The number of phenolic OH excluding ortho intramolecular Hbond substituents is 3. The number of rotatable bonds is 4. The van der Waals surface area contributed by atoms with Crippen molar-refractivity contribution in [2.75, 3.05) is 5.88 Å². The van der Waals surface area contributed by atoms with Crippen molar-refractivity contribution in [3.05, 3.63) is 53.8 Å². The van der Waals surface area contributed by atoms with E-state index in [0.717, 1.165) is 5.56 Å². The van der Waals surface area contributed by atoms with Gasteiger partial charge in [-0.05, 0) is 18.2 Å². The van der Waals surface area contributed by atoms with E-state index in [9.17, 15) is 20.1 Å². The summed E-state index contributed by atoms with van der Waals surface area (Å²) in [6, 6.07) is 8.90. The predicted molar refractivity (Wildman–Crippen MR) is 89.6 cm³/mol. The van der Waals surface area contributed by atoms with Crippen LogP contribution in [0.1, 0.15) is 23.5 Å². The van der Waals surface area contributed by atoms with Crippen molar-refractivity contribution in [3.8, 4) is 23.0 Å². The van der Waals surface area contributed by atoms with Crippen LogP contribution in [-0.4, -0.2) is 27.0 Å². The van der Waals surface area contributed by atoms with Gasteiger partial charge in [-0.1, -0.05) is 6.07 Å². The molecule has 0 aliphatic carbocycles. The largest absolute Gasteiger partial charge is 0.508 e. The molecule has 3 N–H and O–H groups in total. The first-order valence-corrected chi connectivity index (χ1v) is 7.82. The minimum Gasteiger partial charge on any atom is -0.508 e. The van der Waals surface area contributed by atoms with Gasteiger partial charge < -0.3 is 20.1 Å². The number of ketones is 1. The number of allylic oxidation sites excluding steroid dienone is 1. The third-order valence-corrected chi connectivity index (χ3v) is 4.23. The van der Waals surface area contributed by atoms with E-state index >= 15 is 0 Å². The first-order valence-electron chi connectivity index (χ1n) is 7.29. The van der Waals surface area contributed by atoms with Gasteiger partial charge in [0.25, 0.3) is 0 Å². The minimum absolute atomic E-state index is 0.0560. The highest BCUT2D eigenvalue weighted by molar-refractivity contribution is 6.27. The number of fused-ring (bicyclic) bond motifs is 1. The van der Waals surface area contributed by atoms with Crippen LogP contribution >= 0.6 is 11.6 Å². The van der Waals surface area contributed by atoms with Gasteiger partial charge in [0.1, 0.15) is 28.8 Å². The minimum atomic E-state index is -0.379. The molecule has 0 bridgehead atoms. The van der Waals surface area contributed by atoms with Crippen LogP contribution in [0.25, 0.3) is 5.57 Å². The Kier molecular flexibility index (Phi) is 4.36. The fourth-order valence-corrected chi connectivity index (χ4v) is 2.92. The van der Waals surface area contributed by atoms with Crippen LogP contribution in [0.4, 0.5) is 0 Å². The number of hydrogen-bond donors (Lipinski definition) is 3. The van der Waals surface area contributed by atoms with Crippen LogP contribution in [0.2, 0.25) is 0 Å².